The fourth-order valence-corrected chi connectivity index (χ4v) is 3.62. The molecular weight excluding hydrogens is 442 g/mol. The van der Waals surface area contributed by atoms with E-state index < -0.39 is 0 Å². The van der Waals surface area contributed by atoms with Crippen LogP contribution < -0.4 is 24.8 Å². The Labute approximate surface area is 186 Å². The maximum Gasteiger partial charge on any atom is 4.00 e. The van der Waals surface area contributed by atoms with Gasteiger partial charge >= 0.3 is 26.2 Å². The Bertz CT molecular complexity index is 830. The fourth-order valence-electron chi connectivity index (χ4n) is 3.62. The van der Waals surface area contributed by atoms with E-state index in [9.17, 15) is 5.11 Å². The van der Waals surface area contributed by atoms with Crippen LogP contribution >= 0.6 is 0 Å². The van der Waals surface area contributed by atoms with Crippen molar-refractivity contribution >= 4 is 21.5 Å². The number of rotatable bonds is 4. The molecule has 0 radical (unpaired) electrons. The molecule has 26 heavy (non-hydrogen) atoms. The summed E-state index contributed by atoms with van der Waals surface area (Å²) in [5.74, 6) is 0. The van der Waals surface area contributed by atoms with Crippen molar-refractivity contribution in [2.75, 3.05) is 6.61 Å². The number of aliphatic hydroxyl groups is 1. The quantitative estimate of drug-likeness (QED) is 0.391. The Morgan fingerprint density at radius 1 is 0.808 bits per heavy atom. The van der Waals surface area contributed by atoms with Crippen molar-refractivity contribution in [3.63, 3.8) is 0 Å². The maximum atomic E-state index is 9.67. The van der Waals surface area contributed by atoms with Gasteiger partial charge in [0.1, 0.15) is 0 Å². The molecule has 132 valence electrons. The van der Waals surface area contributed by atoms with Crippen molar-refractivity contribution in [1.29, 1.82) is 0 Å². The second-order valence-corrected chi connectivity index (χ2v) is 6.55. The van der Waals surface area contributed by atoms with Crippen LogP contribution in [-0.4, -0.2) is 11.7 Å². The Morgan fingerprint density at radius 3 is 1.62 bits per heavy atom. The van der Waals surface area contributed by atoms with Crippen molar-refractivity contribution in [2.24, 2.45) is 0 Å². The summed E-state index contributed by atoms with van der Waals surface area (Å²) in [6, 6.07) is 26.0. The number of hydrogen-bond donors (Lipinski definition) is 1. The van der Waals surface area contributed by atoms with Gasteiger partial charge in [0.2, 0.25) is 0 Å². The zero-order valence-electron chi connectivity index (χ0n) is 14.5. The smallest absolute Gasteiger partial charge is 1.00 e. The van der Waals surface area contributed by atoms with Crippen molar-refractivity contribution < 1.29 is 56.1 Å². The first kappa shape index (κ1) is 23.1. The van der Waals surface area contributed by atoms with Crippen LogP contribution in [0.3, 0.4) is 0 Å². The van der Waals surface area contributed by atoms with Gasteiger partial charge in [-0.15, -0.1) is 81.2 Å². The van der Waals surface area contributed by atoms with Crippen LogP contribution in [0.4, 0.5) is 0 Å². The molecule has 0 spiro atoms. The molecule has 4 rings (SSSR count). The number of halogens is 2. The van der Waals surface area contributed by atoms with Crippen LogP contribution in [0.5, 0.6) is 0 Å². The monoisotopic (exact) mass is 460 g/mol. The van der Waals surface area contributed by atoms with E-state index in [1.165, 1.54) is 32.7 Å². The van der Waals surface area contributed by atoms with Gasteiger partial charge in [-0.05, 0) is 11.8 Å². The molecule has 0 aliphatic heterocycles. The van der Waals surface area contributed by atoms with Crippen LogP contribution in [0.2, 0.25) is 0 Å². The predicted molar refractivity (Wildman–Crippen MR) is 97.2 cm³/mol. The van der Waals surface area contributed by atoms with Gasteiger partial charge in [-0.25, -0.2) is 0 Å². The van der Waals surface area contributed by atoms with E-state index in [0.29, 0.717) is 0 Å². The Hall–Kier alpha value is -0.917. The van der Waals surface area contributed by atoms with E-state index in [4.69, 9.17) is 0 Å². The zero-order chi connectivity index (χ0) is 15.9. The average molecular weight is 463 g/mol. The molecule has 0 unspecified atom stereocenters. The van der Waals surface area contributed by atoms with Crippen molar-refractivity contribution in [2.45, 2.75) is 18.8 Å². The molecule has 0 bridgehead atoms. The van der Waals surface area contributed by atoms with Crippen molar-refractivity contribution in [1.82, 2.24) is 0 Å². The summed E-state index contributed by atoms with van der Waals surface area (Å²) in [5, 5.41) is 14.7. The molecule has 0 aromatic heterocycles. The summed E-state index contributed by atoms with van der Waals surface area (Å²) in [4.78, 5) is 0. The van der Waals surface area contributed by atoms with Crippen LogP contribution in [0, 0.1) is 0 Å². The molecule has 4 aromatic rings. The Kier molecular flexibility index (Phi) is 8.30. The molecule has 1 nitrogen and oxygen atoms in total. The van der Waals surface area contributed by atoms with E-state index in [0.717, 1.165) is 6.42 Å². The minimum Gasteiger partial charge on any atom is -1.00 e. The van der Waals surface area contributed by atoms with Gasteiger partial charge < -0.3 is 29.9 Å². The second kappa shape index (κ2) is 9.33. The van der Waals surface area contributed by atoms with E-state index in [1.807, 2.05) is 0 Å². The van der Waals surface area contributed by atoms with Crippen LogP contribution in [0.25, 0.3) is 21.5 Å². The van der Waals surface area contributed by atoms with Gasteiger partial charge in [0.15, 0.2) is 0 Å². The minimum absolute atomic E-state index is 0. The molecule has 0 atom stereocenters. The summed E-state index contributed by atoms with van der Waals surface area (Å²) < 4.78 is 0. The summed E-state index contributed by atoms with van der Waals surface area (Å²) >= 11 is 0. The van der Waals surface area contributed by atoms with E-state index in [1.54, 1.807) is 0 Å². The van der Waals surface area contributed by atoms with Crippen LogP contribution in [0.15, 0.2) is 72.8 Å². The number of aliphatic hydroxyl groups excluding tert-OH is 1. The normalized spacial score (nSPS) is 10.8. The van der Waals surface area contributed by atoms with Crippen LogP contribution in [-0.2, 0) is 31.6 Å². The summed E-state index contributed by atoms with van der Waals surface area (Å²) in [6.07, 6.45) is 0.722. The molecule has 4 heteroatoms. The standard InChI is InChI=1S/C22H20O.2ClH.Zr/c1-22(10-11-23,20-12-16-6-2-3-7-17(16)13-20)21-14-18-8-4-5-9-19(18)15-21;;;/h2-9,12-15,23H,10-11H2,1H3;2*1H;/q-2;;;+4/p-2. The summed E-state index contributed by atoms with van der Waals surface area (Å²) in [7, 11) is 0. The maximum absolute atomic E-state index is 9.67. The first-order chi connectivity index (χ1) is 11.2. The molecule has 0 heterocycles. The van der Waals surface area contributed by atoms with Gasteiger partial charge in [0.25, 0.3) is 0 Å². The predicted octanol–water partition coefficient (Wildman–Crippen LogP) is -0.875. The number of benzene rings is 2. The molecule has 0 aliphatic carbocycles. The van der Waals surface area contributed by atoms with Gasteiger partial charge in [-0.1, -0.05) is 19.1 Å². The van der Waals surface area contributed by atoms with Gasteiger partial charge in [0, 0.05) is 6.61 Å². The third-order valence-corrected chi connectivity index (χ3v) is 5.12. The second-order valence-electron chi connectivity index (χ2n) is 6.55. The minimum atomic E-state index is -0.174. The number of hydrogen-bond acceptors (Lipinski definition) is 1. The molecule has 4 aromatic carbocycles. The van der Waals surface area contributed by atoms with Crippen LogP contribution in [0.1, 0.15) is 24.5 Å². The van der Waals surface area contributed by atoms with Gasteiger partial charge in [-0.3, -0.25) is 0 Å². The third kappa shape index (κ3) is 3.99. The van der Waals surface area contributed by atoms with Gasteiger partial charge in [0.05, 0.1) is 0 Å². The average Bonchev–Trinajstić information content (AvgIpc) is 3.19. The zero-order valence-corrected chi connectivity index (χ0v) is 18.5. The summed E-state index contributed by atoms with van der Waals surface area (Å²) in [6.45, 7) is 2.42. The fraction of sp³-hybridized carbons (Fsp3) is 0.182. The Balaban J connectivity index is 0.00000113. The Morgan fingerprint density at radius 2 is 1.23 bits per heavy atom. The first-order valence-electron chi connectivity index (χ1n) is 8.13. The first-order valence-corrected chi connectivity index (χ1v) is 8.13. The molecule has 0 fully saturated rings. The largest absolute Gasteiger partial charge is 4.00 e. The number of fused-ring (bicyclic) bond motifs is 2. The van der Waals surface area contributed by atoms with E-state index >= 15 is 0 Å². The summed E-state index contributed by atoms with van der Waals surface area (Å²) in [5.41, 5.74) is 2.39. The molecule has 0 amide bonds. The molecule has 0 aliphatic rings. The van der Waals surface area contributed by atoms with Crippen molar-refractivity contribution in [3.05, 3.63) is 83.9 Å². The molecular formula is C22H20Cl2OZr. The molecule has 1 N–H and O–H groups in total. The van der Waals surface area contributed by atoms with Gasteiger partial charge in [-0.2, -0.15) is 12.1 Å². The SMILES string of the molecule is CC(CCO)(c1cc2ccccc2[cH-]1)c1cc2ccccc2[cH-]1.[Cl-].[Cl-].[Zr+4]. The van der Waals surface area contributed by atoms with Crippen molar-refractivity contribution in [3.8, 4) is 0 Å². The van der Waals surface area contributed by atoms with E-state index in [-0.39, 0.29) is 63.0 Å². The molecule has 0 saturated carbocycles. The topological polar surface area (TPSA) is 20.2 Å². The van der Waals surface area contributed by atoms with E-state index in [2.05, 4.69) is 79.7 Å². The molecule has 0 saturated heterocycles. The third-order valence-electron chi connectivity index (χ3n) is 5.12.